The predicted molar refractivity (Wildman–Crippen MR) is 122 cm³/mol. The van der Waals surface area contributed by atoms with Crippen molar-refractivity contribution in [3.8, 4) is 17.2 Å². The molecule has 1 atom stereocenters. The molecule has 2 heterocycles. The van der Waals surface area contributed by atoms with Crippen LogP contribution in [-0.2, 0) is 6.61 Å². The molecule has 1 unspecified atom stereocenters. The van der Waals surface area contributed by atoms with Crippen LogP contribution in [0.25, 0.3) is 0 Å². The number of hydrogen-bond donors (Lipinski definition) is 0. The van der Waals surface area contributed by atoms with Crippen molar-refractivity contribution in [2.75, 3.05) is 26.8 Å². The molecule has 0 radical (unpaired) electrons. The quantitative estimate of drug-likeness (QED) is 0.516. The van der Waals surface area contributed by atoms with E-state index in [2.05, 4.69) is 17.1 Å². The molecule has 0 saturated carbocycles. The van der Waals surface area contributed by atoms with Gasteiger partial charge in [-0.3, -0.25) is 9.78 Å². The van der Waals surface area contributed by atoms with E-state index >= 15 is 0 Å². The van der Waals surface area contributed by atoms with E-state index in [0.29, 0.717) is 42.7 Å². The van der Waals surface area contributed by atoms with Crippen LogP contribution in [0.2, 0.25) is 0 Å². The molecule has 0 N–H and O–H groups in total. The average molecular weight is 433 g/mol. The number of methoxy groups -OCH3 is 1. The molecule has 1 fully saturated rings. The molecular weight excluding hydrogens is 404 g/mol. The lowest BCUT2D eigenvalue weighted by Crippen LogP contribution is -2.28. The van der Waals surface area contributed by atoms with Gasteiger partial charge >= 0.3 is 0 Å². The van der Waals surface area contributed by atoms with Gasteiger partial charge in [0.1, 0.15) is 12.4 Å². The van der Waals surface area contributed by atoms with Crippen LogP contribution in [0.15, 0.2) is 67.0 Å². The van der Waals surface area contributed by atoms with Gasteiger partial charge < -0.3 is 19.1 Å². The van der Waals surface area contributed by atoms with Crippen LogP contribution in [0.5, 0.6) is 17.2 Å². The molecule has 0 bridgehead atoms. The first-order chi connectivity index (χ1) is 15.7. The number of benzene rings is 2. The highest BCUT2D eigenvalue weighted by molar-refractivity contribution is 5.95. The van der Waals surface area contributed by atoms with E-state index in [4.69, 9.17) is 14.2 Å². The lowest BCUT2D eigenvalue weighted by atomic mass is 9.98. The number of carbonyl (C=O) groups is 1. The number of amides is 1. The van der Waals surface area contributed by atoms with Crippen molar-refractivity contribution in [3.05, 3.63) is 83.7 Å². The molecular formula is C26H28N2O4. The molecule has 166 valence electrons. The van der Waals surface area contributed by atoms with Gasteiger partial charge in [-0.05, 0) is 55.3 Å². The number of aromatic nitrogens is 1. The van der Waals surface area contributed by atoms with Gasteiger partial charge in [-0.25, -0.2) is 0 Å². The summed E-state index contributed by atoms with van der Waals surface area (Å²) < 4.78 is 16.9. The molecule has 1 aliphatic rings. The Hall–Kier alpha value is -3.54. The molecule has 3 aromatic rings. The lowest BCUT2D eigenvalue weighted by molar-refractivity contribution is 0.0790. The van der Waals surface area contributed by atoms with Gasteiger partial charge in [-0.2, -0.15) is 0 Å². The minimum atomic E-state index is 0.0146. The fraction of sp³-hybridized carbons (Fsp3) is 0.308. The second-order valence-corrected chi connectivity index (χ2v) is 7.75. The summed E-state index contributed by atoms with van der Waals surface area (Å²) in [5.74, 6) is 2.38. The lowest BCUT2D eigenvalue weighted by Gasteiger charge is -2.18. The number of likely N-dealkylation sites (tertiary alicyclic amines) is 1. The molecule has 0 spiro atoms. The normalized spacial score (nSPS) is 15.4. The van der Waals surface area contributed by atoms with Crippen LogP contribution in [0.1, 0.15) is 40.7 Å². The van der Waals surface area contributed by atoms with Crippen molar-refractivity contribution >= 4 is 5.91 Å². The molecule has 1 amide bonds. The van der Waals surface area contributed by atoms with Crippen LogP contribution in [-0.4, -0.2) is 42.6 Å². The average Bonchev–Trinajstić information content (AvgIpc) is 3.34. The van der Waals surface area contributed by atoms with E-state index in [1.165, 1.54) is 5.56 Å². The minimum absolute atomic E-state index is 0.0146. The summed E-state index contributed by atoms with van der Waals surface area (Å²) in [6.07, 6.45) is 4.45. The molecule has 6 heteroatoms. The summed E-state index contributed by atoms with van der Waals surface area (Å²) in [4.78, 5) is 19.2. The van der Waals surface area contributed by atoms with Gasteiger partial charge in [0.2, 0.25) is 0 Å². The molecule has 4 rings (SSSR count). The molecule has 1 saturated heterocycles. The fourth-order valence-corrected chi connectivity index (χ4v) is 3.95. The van der Waals surface area contributed by atoms with Crippen LogP contribution in [0, 0.1) is 0 Å². The topological polar surface area (TPSA) is 60.9 Å². The van der Waals surface area contributed by atoms with Crippen LogP contribution in [0.4, 0.5) is 0 Å². The maximum atomic E-state index is 13.2. The molecule has 1 aliphatic heterocycles. The standard InChI is InChI=1S/C26H28N2O4/c1-3-31-25-15-21(8-11-24(25)32-18-19-5-4-13-27-16-19)26(29)28-14-12-22(17-28)20-6-9-23(30-2)10-7-20/h4-11,13,15-16,22H,3,12,14,17-18H2,1-2H3. The van der Waals surface area contributed by atoms with Crippen LogP contribution < -0.4 is 14.2 Å². The largest absolute Gasteiger partial charge is 0.497 e. The minimum Gasteiger partial charge on any atom is -0.497 e. The van der Waals surface area contributed by atoms with Gasteiger partial charge in [0, 0.05) is 42.5 Å². The van der Waals surface area contributed by atoms with Gasteiger partial charge in [0.05, 0.1) is 13.7 Å². The Balaban J connectivity index is 1.44. The zero-order chi connectivity index (χ0) is 22.3. The van der Waals surface area contributed by atoms with E-state index in [9.17, 15) is 4.79 Å². The Morgan fingerprint density at radius 3 is 2.66 bits per heavy atom. The third-order valence-corrected chi connectivity index (χ3v) is 5.67. The summed E-state index contributed by atoms with van der Waals surface area (Å²) in [5, 5.41) is 0. The summed E-state index contributed by atoms with van der Waals surface area (Å²) in [6.45, 7) is 4.23. The van der Waals surface area contributed by atoms with E-state index < -0.39 is 0 Å². The first-order valence-corrected chi connectivity index (χ1v) is 10.9. The Morgan fingerprint density at radius 1 is 1.09 bits per heavy atom. The van der Waals surface area contributed by atoms with Gasteiger partial charge in [-0.1, -0.05) is 18.2 Å². The maximum absolute atomic E-state index is 13.2. The van der Waals surface area contributed by atoms with E-state index in [-0.39, 0.29) is 5.91 Å². The number of hydrogen-bond acceptors (Lipinski definition) is 5. The predicted octanol–water partition coefficient (Wildman–Crippen LogP) is 4.70. The maximum Gasteiger partial charge on any atom is 0.254 e. The van der Waals surface area contributed by atoms with Gasteiger partial charge in [0.25, 0.3) is 5.91 Å². The highest BCUT2D eigenvalue weighted by atomic mass is 16.5. The first kappa shape index (κ1) is 21.7. The zero-order valence-corrected chi connectivity index (χ0v) is 18.5. The zero-order valence-electron chi connectivity index (χ0n) is 18.5. The molecule has 32 heavy (non-hydrogen) atoms. The highest BCUT2D eigenvalue weighted by Gasteiger charge is 2.28. The second-order valence-electron chi connectivity index (χ2n) is 7.75. The SMILES string of the molecule is CCOc1cc(C(=O)N2CCC(c3ccc(OC)cc3)C2)ccc1OCc1cccnc1. The number of nitrogens with zero attached hydrogens (tertiary/aromatic N) is 2. The number of ether oxygens (including phenoxy) is 3. The Bertz CT molecular complexity index is 1040. The Kier molecular flexibility index (Phi) is 6.90. The number of rotatable bonds is 8. The number of carbonyl (C=O) groups excluding carboxylic acids is 1. The molecule has 2 aromatic carbocycles. The van der Waals surface area contributed by atoms with E-state index in [0.717, 1.165) is 24.3 Å². The van der Waals surface area contributed by atoms with Crippen LogP contribution >= 0.6 is 0 Å². The van der Waals surface area contributed by atoms with Crippen LogP contribution in [0.3, 0.4) is 0 Å². The third-order valence-electron chi connectivity index (χ3n) is 5.67. The molecule has 0 aliphatic carbocycles. The van der Waals surface area contributed by atoms with Crippen molar-refractivity contribution in [1.29, 1.82) is 0 Å². The third kappa shape index (κ3) is 5.02. The van der Waals surface area contributed by atoms with E-state index in [1.807, 2.05) is 48.2 Å². The monoisotopic (exact) mass is 432 g/mol. The van der Waals surface area contributed by atoms with E-state index in [1.54, 1.807) is 25.6 Å². The smallest absolute Gasteiger partial charge is 0.254 e. The second kappa shape index (κ2) is 10.2. The van der Waals surface area contributed by atoms with Crippen molar-refractivity contribution < 1.29 is 19.0 Å². The van der Waals surface area contributed by atoms with Gasteiger partial charge in [-0.15, -0.1) is 0 Å². The highest BCUT2D eigenvalue weighted by Crippen LogP contribution is 2.32. The first-order valence-electron chi connectivity index (χ1n) is 10.9. The summed E-state index contributed by atoms with van der Waals surface area (Å²) in [6, 6.07) is 17.3. The van der Waals surface area contributed by atoms with Gasteiger partial charge in [0.15, 0.2) is 11.5 Å². The van der Waals surface area contributed by atoms with Crippen molar-refractivity contribution in [1.82, 2.24) is 9.88 Å². The molecule has 1 aromatic heterocycles. The Labute approximate surface area is 188 Å². The summed E-state index contributed by atoms with van der Waals surface area (Å²) in [5.41, 5.74) is 2.81. The fourth-order valence-electron chi connectivity index (χ4n) is 3.95. The van der Waals surface area contributed by atoms with Crippen molar-refractivity contribution in [2.24, 2.45) is 0 Å². The summed E-state index contributed by atoms with van der Waals surface area (Å²) in [7, 11) is 1.66. The molecule has 6 nitrogen and oxygen atoms in total. The summed E-state index contributed by atoms with van der Waals surface area (Å²) >= 11 is 0. The van der Waals surface area contributed by atoms with Crippen molar-refractivity contribution in [2.45, 2.75) is 25.9 Å². The van der Waals surface area contributed by atoms with Crippen molar-refractivity contribution in [3.63, 3.8) is 0 Å². The Morgan fingerprint density at radius 2 is 1.94 bits per heavy atom. The number of pyridine rings is 1.